The Morgan fingerprint density at radius 3 is 2.80 bits per heavy atom. The second kappa shape index (κ2) is 6.29. The number of aliphatic hydroxyl groups excluding tert-OH is 1. The maximum absolute atomic E-state index is 13.8. The molecule has 0 saturated heterocycles. The van der Waals surface area contributed by atoms with Crippen LogP contribution >= 0.6 is 0 Å². The molecule has 0 aliphatic rings. The van der Waals surface area contributed by atoms with Crippen molar-refractivity contribution in [2.75, 3.05) is 11.9 Å². The van der Waals surface area contributed by atoms with Gasteiger partial charge in [0.05, 0.1) is 30.7 Å². The summed E-state index contributed by atoms with van der Waals surface area (Å²) in [5.74, 6) is -0.235. The molecule has 0 aliphatic heterocycles. The van der Waals surface area contributed by atoms with Crippen LogP contribution in [0.1, 0.15) is 13.3 Å². The van der Waals surface area contributed by atoms with Crippen molar-refractivity contribution in [3.8, 4) is 17.0 Å². The molecule has 6 heteroatoms. The number of benzene rings is 1. The van der Waals surface area contributed by atoms with Crippen molar-refractivity contribution < 1.29 is 14.6 Å². The van der Waals surface area contributed by atoms with Gasteiger partial charge < -0.3 is 15.5 Å². The second-order valence-electron chi connectivity index (χ2n) is 4.39. The Bertz CT molecular complexity index is 588. The number of rotatable bonds is 5. The number of aliphatic hydroxyl groups is 1. The third-order valence-corrected chi connectivity index (χ3v) is 2.93. The van der Waals surface area contributed by atoms with E-state index in [2.05, 4.69) is 15.3 Å². The number of nitrogens with one attached hydrogen (secondary N) is 1. The first kappa shape index (κ1) is 14.2. The standard InChI is InChI=1S/C14H16FN3O2/c1-2-9(8-19)17-14-7-16-6-13(18-14)11-4-3-10(20)5-12(11)15/h3-7,9,19-20H,2,8H2,1H3,(H,17,18). The number of phenols is 1. The Labute approximate surface area is 116 Å². The zero-order valence-corrected chi connectivity index (χ0v) is 11.0. The number of phenolic OH excluding ortho intramolecular Hbond substituents is 1. The van der Waals surface area contributed by atoms with Gasteiger partial charge in [0.2, 0.25) is 0 Å². The molecule has 5 nitrogen and oxygen atoms in total. The average molecular weight is 277 g/mol. The van der Waals surface area contributed by atoms with E-state index in [0.717, 1.165) is 12.5 Å². The lowest BCUT2D eigenvalue weighted by Crippen LogP contribution is -2.23. The molecule has 106 valence electrons. The fraction of sp³-hybridized carbons (Fsp3) is 0.286. The molecule has 0 saturated carbocycles. The second-order valence-corrected chi connectivity index (χ2v) is 4.39. The number of anilines is 1. The molecule has 3 N–H and O–H groups in total. The van der Waals surface area contributed by atoms with Crippen molar-refractivity contribution >= 4 is 5.82 Å². The van der Waals surface area contributed by atoms with E-state index in [1.165, 1.54) is 24.5 Å². The Kier molecular flexibility index (Phi) is 4.47. The maximum Gasteiger partial charge on any atom is 0.145 e. The van der Waals surface area contributed by atoms with Crippen LogP contribution in [0.3, 0.4) is 0 Å². The van der Waals surface area contributed by atoms with Gasteiger partial charge in [-0.05, 0) is 18.6 Å². The molecule has 0 amide bonds. The molecule has 0 radical (unpaired) electrons. The highest BCUT2D eigenvalue weighted by Gasteiger charge is 2.10. The van der Waals surface area contributed by atoms with Gasteiger partial charge in [-0.1, -0.05) is 6.92 Å². The normalized spacial score (nSPS) is 12.2. The van der Waals surface area contributed by atoms with E-state index in [1.807, 2.05) is 6.92 Å². The van der Waals surface area contributed by atoms with E-state index in [9.17, 15) is 9.50 Å². The number of hydrogen-bond donors (Lipinski definition) is 3. The molecule has 0 fully saturated rings. The van der Waals surface area contributed by atoms with Crippen LogP contribution < -0.4 is 5.32 Å². The van der Waals surface area contributed by atoms with Crippen molar-refractivity contribution in [3.63, 3.8) is 0 Å². The minimum Gasteiger partial charge on any atom is -0.508 e. The van der Waals surface area contributed by atoms with Crippen molar-refractivity contribution in [3.05, 3.63) is 36.4 Å². The van der Waals surface area contributed by atoms with Crippen LogP contribution in [0.4, 0.5) is 10.2 Å². The fourth-order valence-corrected chi connectivity index (χ4v) is 1.76. The SMILES string of the molecule is CCC(CO)Nc1cncc(-c2ccc(O)cc2F)n1. The topological polar surface area (TPSA) is 78.3 Å². The van der Waals surface area contributed by atoms with Gasteiger partial charge in [-0.15, -0.1) is 0 Å². The van der Waals surface area contributed by atoms with Crippen LogP contribution in [-0.2, 0) is 0 Å². The summed E-state index contributed by atoms with van der Waals surface area (Å²) in [6, 6.07) is 3.74. The molecule has 1 heterocycles. The average Bonchev–Trinajstić information content (AvgIpc) is 2.45. The van der Waals surface area contributed by atoms with Gasteiger partial charge in [0.15, 0.2) is 0 Å². The highest BCUT2D eigenvalue weighted by Crippen LogP contribution is 2.24. The van der Waals surface area contributed by atoms with Crippen LogP contribution in [0, 0.1) is 5.82 Å². The zero-order valence-electron chi connectivity index (χ0n) is 11.0. The lowest BCUT2D eigenvalue weighted by Gasteiger charge is -2.14. The number of hydrogen-bond acceptors (Lipinski definition) is 5. The lowest BCUT2D eigenvalue weighted by atomic mass is 10.1. The molecule has 0 spiro atoms. The molecule has 1 unspecified atom stereocenters. The first-order chi connectivity index (χ1) is 9.63. The zero-order chi connectivity index (χ0) is 14.5. The summed E-state index contributed by atoms with van der Waals surface area (Å²) in [7, 11) is 0. The number of aromatic nitrogens is 2. The minimum atomic E-state index is -0.564. The third-order valence-electron chi connectivity index (χ3n) is 2.93. The summed E-state index contributed by atoms with van der Waals surface area (Å²) in [6.45, 7) is 1.92. The van der Waals surface area contributed by atoms with E-state index in [0.29, 0.717) is 11.5 Å². The first-order valence-electron chi connectivity index (χ1n) is 6.32. The quantitative estimate of drug-likeness (QED) is 0.780. The molecule has 20 heavy (non-hydrogen) atoms. The summed E-state index contributed by atoms with van der Waals surface area (Å²) in [5.41, 5.74) is 0.622. The predicted octanol–water partition coefficient (Wildman–Crippen LogP) is 2.17. The van der Waals surface area contributed by atoms with Crippen LogP contribution in [0.2, 0.25) is 0 Å². The molecular formula is C14H16FN3O2. The smallest absolute Gasteiger partial charge is 0.145 e. The van der Waals surface area contributed by atoms with Gasteiger partial charge in [-0.25, -0.2) is 9.37 Å². The van der Waals surface area contributed by atoms with Crippen LogP contribution in [0.25, 0.3) is 11.3 Å². The third kappa shape index (κ3) is 3.21. The van der Waals surface area contributed by atoms with Crippen molar-refractivity contribution in [2.45, 2.75) is 19.4 Å². The molecular weight excluding hydrogens is 261 g/mol. The van der Waals surface area contributed by atoms with Crippen molar-refractivity contribution in [2.24, 2.45) is 0 Å². The number of nitrogens with zero attached hydrogens (tertiary/aromatic N) is 2. The highest BCUT2D eigenvalue weighted by atomic mass is 19.1. The summed E-state index contributed by atoms with van der Waals surface area (Å²) in [5, 5.41) is 21.4. The monoisotopic (exact) mass is 277 g/mol. The molecule has 1 aromatic carbocycles. The van der Waals surface area contributed by atoms with E-state index in [-0.39, 0.29) is 24.0 Å². The van der Waals surface area contributed by atoms with Crippen LogP contribution in [0.15, 0.2) is 30.6 Å². The summed E-state index contributed by atoms with van der Waals surface area (Å²) in [6.07, 6.45) is 3.69. The fourth-order valence-electron chi connectivity index (χ4n) is 1.76. The Morgan fingerprint density at radius 2 is 2.15 bits per heavy atom. The predicted molar refractivity (Wildman–Crippen MR) is 73.9 cm³/mol. The molecule has 1 atom stereocenters. The van der Waals surface area contributed by atoms with Gasteiger partial charge in [-0.3, -0.25) is 4.98 Å². The Morgan fingerprint density at radius 1 is 1.35 bits per heavy atom. The van der Waals surface area contributed by atoms with Crippen molar-refractivity contribution in [1.82, 2.24) is 9.97 Å². The largest absolute Gasteiger partial charge is 0.508 e. The molecule has 2 aromatic rings. The van der Waals surface area contributed by atoms with Crippen molar-refractivity contribution in [1.29, 1.82) is 0 Å². The van der Waals surface area contributed by atoms with Gasteiger partial charge in [0.25, 0.3) is 0 Å². The van der Waals surface area contributed by atoms with Gasteiger partial charge in [-0.2, -0.15) is 0 Å². The molecule has 0 aliphatic carbocycles. The van der Waals surface area contributed by atoms with E-state index in [1.54, 1.807) is 0 Å². The summed E-state index contributed by atoms with van der Waals surface area (Å²) in [4.78, 5) is 8.27. The summed E-state index contributed by atoms with van der Waals surface area (Å²) >= 11 is 0. The van der Waals surface area contributed by atoms with E-state index >= 15 is 0 Å². The van der Waals surface area contributed by atoms with Crippen LogP contribution in [0.5, 0.6) is 5.75 Å². The number of aromatic hydroxyl groups is 1. The Hall–Kier alpha value is -2.21. The lowest BCUT2D eigenvalue weighted by molar-refractivity contribution is 0.271. The Balaban J connectivity index is 2.29. The highest BCUT2D eigenvalue weighted by molar-refractivity contribution is 5.61. The van der Waals surface area contributed by atoms with Crippen LogP contribution in [-0.4, -0.2) is 32.8 Å². The molecule has 1 aromatic heterocycles. The van der Waals surface area contributed by atoms with Gasteiger partial charge >= 0.3 is 0 Å². The maximum atomic E-state index is 13.8. The van der Waals surface area contributed by atoms with Gasteiger partial charge in [0, 0.05) is 11.6 Å². The minimum absolute atomic E-state index is 0.0179. The molecule has 0 bridgehead atoms. The molecule has 2 rings (SSSR count). The first-order valence-corrected chi connectivity index (χ1v) is 6.32. The summed E-state index contributed by atoms with van der Waals surface area (Å²) < 4.78 is 13.8. The number of halogens is 1. The van der Waals surface area contributed by atoms with E-state index in [4.69, 9.17) is 5.11 Å². The van der Waals surface area contributed by atoms with Gasteiger partial charge in [0.1, 0.15) is 17.4 Å². The van der Waals surface area contributed by atoms with E-state index < -0.39 is 5.82 Å².